The van der Waals surface area contributed by atoms with E-state index in [0.29, 0.717) is 10.8 Å². The molecule has 0 saturated heterocycles. The second-order valence-electron chi connectivity index (χ2n) is 6.21. The summed E-state index contributed by atoms with van der Waals surface area (Å²) in [6.45, 7) is 0.248. The van der Waals surface area contributed by atoms with Crippen molar-refractivity contribution in [2.45, 2.75) is 6.61 Å². The van der Waals surface area contributed by atoms with Crippen LogP contribution in [-0.4, -0.2) is 4.98 Å². The minimum Gasteiger partial charge on any atom is -0.487 e. The fourth-order valence-electron chi connectivity index (χ4n) is 2.87. The van der Waals surface area contributed by atoms with Gasteiger partial charge in [0.15, 0.2) is 0 Å². The molecule has 0 bridgehead atoms. The van der Waals surface area contributed by atoms with Crippen LogP contribution in [0.4, 0.5) is 15.8 Å². The van der Waals surface area contributed by atoms with E-state index in [1.165, 1.54) is 12.1 Å². The first kappa shape index (κ1) is 19.0. The molecule has 0 saturated carbocycles. The molecular weight excluding hydrogens is 490 g/mol. The maximum atomic E-state index is 13.3. The predicted molar refractivity (Wildman–Crippen MR) is 120 cm³/mol. The Morgan fingerprint density at radius 3 is 2.75 bits per heavy atom. The Morgan fingerprint density at radius 2 is 1.93 bits per heavy atom. The van der Waals surface area contributed by atoms with Gasteiger partial charge in [-0.05, 0) is 82.8 Å². The van der Waals surface area contributed by atoms with Crippen molar-refractivity contribution in [3.05, 3.63) is 92.9 Å². The maximum Gasteiger partial charge on any atom is 0.138 e. The zero-order valence-electron chi connectivity index (χ0n) is 14.6. The average molecular weight is 505 g/mol. The lowest BCUT2D eigenvalue weighted by molar-refractivity contribution is 0.306. The summed E-state index contributed by atoms with van der Waals surface area (Å²) in [5.74, 6) is 0.261. The van der Waals surface area contributed by atoms with Gasteiger partial charge in [0.05, 0.1) is 10.5 Å². The van der Waals surface area contributed by atoms with Gasteiger partial charge in [-0.3, -0.25) is 4.98 Å². The highest BCUT2D eigenvalue weighted by molar-refractivity contribution is 14.1. The monoisotopic (exact) mass is 504 g/mol. The second-order valence-corrected chi connectivity index (χ2v) is 7.86. The third-order valence-electron chi connectivity index (χ3n) is 4.20. The molecule has 1 N–H and O–H groups in total. The van der Waals surface area contributed by atoms with Crippen LogP contribution in [0.1, 0.15) is 5.56 Å². The number of nitrogens with zero attached hydrogens (tertiary/aromatic N) is 1. The van der Waals surface area contributed by atoms with Crippen LogP contribution in [0, 0.1) is 9.39 Å². The Kier molecular flexibility index (Phi) is 5.64. The molecule has 3 aromatic carbocycles. The number of halogens is 3. The highest BCUT2D eigenvalue weighted by atomic mass is 127. The molecule has 3 nitrogen and oxygen atoms in total. The van der Waals surface area contributed by atoms with Gasteiger partial charge >= 0.3 is 0 Å². The molecule has 140 valence electrons. The Labute approximate surface area is 180 Å². The smallest absolute Gasteiger partial charge is 0.138 e. The van der Waals surface area contributed by atoms with Crippen molar-refractivity contribution in [3.63, 3.8) is 0 Å². The van der Waals surface area contributed by atoms with Crippen molar-refractivity contribution >= 4 is 56.5 Å². The van der Waals surface area contributed by atoms with Crippen molar-refractivity contribution in [2.24, 2.45) is 0 Å². The quantitative estimate of drug-likeness (QED) is 0.299. The van der Waals surface area contributed by atoms with Gasteiger partial charge in [0, 0.05) is 26.5 Å². The average Bonchev–Trinajstić information content (AvgIpc) is 2.68. The minimum absolute atomic E-state index is 0.248. The molecule has 28 heavy (non-hydrogen) atoms. The molecule has 0 amide bonds. The summed E-state index contributed by atoms with van der Waals surface area (Å²) in [4.78, 5) is 4.40. The van der Waals surface area contributed by atoms with E-state index < -0.39 is 0 Å². The van der Waals surface area contributed by atoms with Crippen LogP contribution in [0.25, 0.3) is 10.9 Å². The molecule has 0 fully saturated rings. The van der Waals surface area contributed by atoms with E-state index in [1.807, 2.05) is 36.4 Å². The third kappa shape index (κ3) is 4.36. The van der Waals surface area contributed by atoms with E-state index >= 15 is 0 Å². The standard InChI is InChI=1S/C22H15ClFIN2O/c23-19-12-17(5-7-22(19)28-13-14-2-1-3-15(24)10-14)27-21-8-9-26-20-6-4-16(25)11-18(20)21/h1-12H,13H2,(H,26,27). The topological polar surface area (TPSA) is 34.1 Å². The Morgan fingerprint density at radius 1 is 1.04 bits per heavy atom. The molecule has 0 unspecified atom stereocenters. The summed E-state index contributed by atoms with van der Waals surface area (Å²) in [5, 5.41) is 4.91. The van der Waals surface area contributed by atoms with Crippen LogP contribution < -0.4 is 10.1 Å². The lowest BCUT2D eigenvalue weighted by Crippen LogP contribution is -1.97. The number of hydrogen-bond acceptors (Lipinski definition) is 3. The van der Waals surface area contributed by atoms with Crippen LogP contribution in [0.5, 0.6) is 5.75 Å². The summed E-state index contributed by atoms with van der Waals surface area (Å²) < 4.78 is 20.1. The summed E-state index contributed by atoms with van der Waals surface area (Å²) in [7, 11) is 0. The van der Waals surface area contributed by atoms with E-state index in [-0.39, 0.29) is 12.4 Å². The van der Waals surface area contributed by atoms with Gasteiger partial charge in [-0.25, -0.2) is 4.39 Å². The molecule has 0 aliphatic heterocycles. The van der Waals surface area contributed by atoms with Gasteiger partial charge in [0.25, 0.3) is 0 Å². The number of ether oxygens (including phenoxy) is 1. The fraction of sp³-hybridized carbons (Fsp3) is 0.0455. The number of aromatic nitrogens is 1. The van der Waals surface area contributed by atoms with Gasteiger partial charge < -0.3 is 10.1 Å². The molecule has 4 rings (SSSR count). The van der Waals surface area contributed by atoms with Crippen LogP contribution in [0.3, 0.4) is 0 Å². The lowest BCUT2D eigenvalue weighted by atomic mass is 10.2. The van der Waals surface area contributed by atoms with Crippen LogP contribution >= 0.6 is 34.2 Å². The number of fused-ring (bicyclic) bond motifs is 1. The molecule has 0 radical (unpaired) electrons. The largest absolute Gasteiger partial charge is 0.487 e. The van der Waals surface area contributed by atoms with Crippen molar-refractivity contribution < 1.29 is 9.13 Å². The Bertz CT molecular complexity index is 1150. The SMILES string of the molecule is Fc1cccc(COc2ccc(Nc3ccnc4ccc(I)cc34)cc2Cl)c1. The summed E-state index contributed by atoms with van der Waals surface area (Å²) in [6, 6.07) is 19.9. The molecule has 0 aliphatic rings. The number of hydrogen-bond donors (Lipinski definition) is 1. The summed E-state index contributed by atoms with van der Waals surface area (Å²) >= 11 is 8.67. The van der Waals surface area contributed by atoms with Gasteiger partial charge in [-0.1, -0.05) is 23.7 Å². The highest BCUT2D eigenvalue weighted by Crippen LogP contribution is 2.32. The van der Waals surface area contributed by atoms with E-state index in [2.05, 4.69) is 39.0 Å². The Hall–Kier alpha value is -2.38. The first-order valence-corrected chi connectivity index (χ1v) is 10.0. The normalized spacial score (nSPS) is 10.8. The molecule has 1 heterocycles. The lowest BCUT2D eigenvalue weighted by Gasteiger charge is -2.13. The van der Waals surface area contributed by atoms with E-state index in [1.54, 1.807) is 18.3 Å². The van der Waals surface area contributed by atoms with Crippen molar-refractivity contribution in [3.8, 4) is 5.75 Å². The van der Waals surface area contributed by atoms with Gasteiger partial charge in [0.2, 0.25) is 0 Å². The van der Waals surface area contributed by atoms with Gasteiger partial charge in [-0.15, -0.1) is 0 Å². The van der Waals surface area contributed by atoms with Crippen molar-refractivity contribution in [1.82, 2.24) is 4.98 Å². The van der Waals surface area contributed by atoms with Crippen LogP contribution in [-0.2, 0) is 6.61 Å². The van der Waals surface area contributed by atoms with E-state index in [4.69, 9.17) is 16.3 Å². The number of anilines is 2. The van der Waals surface area contributed by atoms with Crippen LogP contribution in [0.15, 0.2) is 72.9 Å². The molecule has 0 aliphatic carbocycles. The van der Waals surface area contributed by atoms with Crippen LogP contribution in [0.2, 0.25) is 5.02 Å². The molecular formula is C22H15ClFIN2O. The number of pyridine rings is 1. The molecule has 0 spiro atoms. The van der Waals surface area contributed by atoms with Crippen molar-refractivity contribution in [1.29, 1.82) is 0 Å². The predicted octanol–water partition coefficient (Wildman–Crippen LogP) is 6.95. The first-order chi connectivity index (χ1) is 13.6. The van der Waals surface area contributed by atoms with E-state index in [0.717, 1.165) is 31.4 Å². The molecule has 0 atom stereocenters. The van der Waals surface area contributed by atoms with Gasteiger partial charge in [-0.2, -0.15) is 0 Å². The van der Waals surface area contributed by atoms with Gasteiger partial charge in [0.1, 0.15) is 18.2 Å². The number of nitrogens with one attached hydrogen (secondary N) is 1. The maximum absolute atomic E-state index is 13.3. The summed E-state index contributed by atoms with van der Waals surface area (Å²) in [6.07, 6.45) is 1.77. The fourth-order valence-corrected chi connectivity index (χ4v) is 3.59. The van der Waals surface area contributed by atoms with Crippen molar-refractivity contribution in [2.75, 3.05) is 5.32 Å². The second kappa shape index (κ2) is 8.32. The number of rotatable bonds is 5. The zero-order valence-corrected chi connectivity index (χ0v) is 17.5. The summed E-state index contributed by atoms with van der Waals surface area (Å²) in [5.41, 5.74) is 3.46. The Balaban J connectivity index is 1.53. The zero-order chi connectivity index (χ0) is 19.5. The molecule has 1 aromatic heterocycles. The minimum atomic E-state index is -0.286. The first-order valence-electron chi connectivity index (χ1n) is 8.56. The highest BCUT2D eigenvalue weighted by Gasteiger charge is 2.07. The number of benzene rings is 3. The third-order valence-corrected chi connectivity index (χ3v) is 5.16. The molecule has 4 aromatic rings. The molecule has 6 heteroatoms. The van der Waals surface area contributed by atoms with E-state index in [9.17, 15) is 4.39 Å².